The zero-order valence-electron chi connectivity index (χ0n) is 19.3. The van der Waals surface area contributed by atoms with Gasteiger partial charge in [-0.15, -0.1) is 0 Å². The van der Waals surface area contributed by atoms with Crippen molar-refractivity contribution in [3.8, 4) is 0 Å². The molecule has 0 aliphatic heterocycles. The van der Waals surface area contributed by atoms with Crippen LogP contribution in [0, 0.1) is 12.3 Å². The maximum Gasteiger partial charge on any atom is 0.311 e. The predicted molar refractivity (Wildman–Crippen MR) is 117 cm³/mol. The zero-order chi connectivity index (χ0) is 22.9. The molecule has 0 amide bonds. The molecule has 6 heteroatoms. The molecule has 2 rings (SSSR count). The number of rotatable bonds is 10. The predicted octanol–water partition coefficient (Wildman–Crippen LogP) is 5.00. The van der Waals surface area contributed by atoms with Crippen molar-refractivity contribution >= 4 is 17.9 Å². The van der Waals surface area contributed by atoms with Gasteiger partial charge in [-0.2, -0.15) is 0 Å². The molecule has 1 saturated carbocycles. The van der Waals surface area contributed by atoms with Crippen LogP contribution in [0.1, 0.15) is 83.3 Å². The Morgan fingerprint density at radius 1 is 0.935 bits per heavy atom. The summed E-state index contributed by atoms with van der Waals surface area (Å²) in [6.45, 7) is 7.55. The number of aryl methyl sites for hydroxylation is 1. The van der Waals surface area contributed by atoms with Crippen molar-refractivity contribution in [2.45, 2.75) is 84.7 Å². The van der Waals surface area contributed by atoms with Crippen LogP contribution < -0.4 is 0 Å². The molecule has 0 radical (unpaired) electrons. The highest BCUT2D eigenvalue weighted by molar-refractivity contribution is 5.78. The molecule has 6 nitrogen and oxygen atoms in total. The van der Waals surface area contributed by atoms with E-state index < -0.39 is 23.0 Å². The van der Waals surface area contributed by atoms with Gasteiger partial charge in [-0.3, -0.25) is 14.4 Å². The smallest absolute Gasteiger partial charge is 0.311 e. The van der Waals surface area contributed by atoms with E-state index in [1.807, 2.05) is 52.0 Å². The lowest BCUT2D eigenvalue weighted by Crippen LogP contribution is -2.35. The molecule has 0 bridgehead atoms. The van der Waals surface area contributed by atoms with Gasteiger partial charge < -0.3 is 14.2 Å². The lowest BCUT2D eigenvalue weighted by Gasteiger charge is -2.38. The van der Waals surface area contributed by atoms with E-state index in [0.717, 1.165) is 43.2 Å². The number of ether oxygens (including phenoxy) is 3. The highest BCUT2D eigenvalue weighted by Gasteiger charge is 2.38. The molecule has 1 aromatic carbocycles. The second kappa shape index (κ2) is 11.3. The van der Waals surface area contributed by atoms with E-state index in [0.29, 0.717) is 6.42 Å². The van der Waals surface area contributed by atoms with Crippen LogP contribution in [0.25, 0.3) is 0 Å². The number of carbonyl (C=O) groups excluding carboxylic acids is 3. The molecule has 0 heterocycles. The summed E-state index contributed by atoms with van der Waals surface area (Å²) < 4.78 is 16.2. The van der Waals surface area contributed by atoms with Gasteiger partial charge in [-0.25, -0.2) is 0 Å². The average Bonchev–Trinajstić information content (AvgIpc) is 2.76. The third kappa shape index (κ3) is 7.08. The van der Waals surface area contributed by atoms with Crippen molar-refractivity contribution in [3.63, 3.8) is 0 Å². The van der Waals surface area contributed by atoms with Gasteiger partial charge in [-0.1, -0.05) is 37.6 Å². The van der Waals surface area contributed by atoms with E-state index in [1.54, 1.807) is 0 Å². The fraction of sp³-hybridized carbons (Fsp3) is 0.640. The van der Waals surface area contributed by atoms with E-state index in [9.17, 15) is 14.4 Å². The Bertz CT molecular complexity index is 761. The van der Waals surface area contributed by atoms with Crippen molar-refractivity contribution in [2.75, 3.05) is 13.2 Å². The number of esters is 3. The van der Waals surface area contributed by atoms with Crippen molar-refractivity contribution in [1.29, 1.82) is 0 Å². The highest BCUT2D eigenvalue weighted by atomic mass is 16.6. The van der Waals surface area contributed by atoms with E-state index in [4.69, 9.17) is 14.2 Å². The number of benzene rings is 1. The first-order chi connectivity index (χ1) is 14.7. The van der Waals surface area contributed by atoms with Crippen LogP contribution in [-0.2, 0) is 34.2 Å². The quantitative estimate of drug-likeness (QED) is 0.294. The number of hydrogen-bond acceptors (Lipinski definition) is 6. The first-order valence-corrected chi connectivity index (χ1v) is 11.3. The average molecular weight is 433 g/mol. The molecule has 0 spiro atoms. The topological polar surface area (TPSA) is 78.9 Å². The van der Waals surface area contributed by atoms with Gasteiger partial charge in [0, 0.05) is 0 Å². The van der Waals surface area contributed by atoms with Crippen LogP contribution in [0.3, 0.4) is 0 Å². The van der Waals surface area contributed by atoms with Gasteiger partial charge in [-0.05, 0) is 64.0 Å². The van der Waals surface area contributed by atoms with Gasteiger partial charge in [0.1, 0.15) is 18.8 Å². The van der Waals surface area contributed by atoms with E-state index in [1.165, 1.54) is 0 Å². The summed E-state index contributed by atoms with van der Waals surface area (Å²) in [6, 6.07) is 8.01. The Morgan fingerprint density at radius 3 is 2.19 bits per heavy atom. The summed E-state index contributed by atoms with van der Waals surface area (Å²) in [4.78, 5) is 36.4. The van der Waals surface area contributed by atoms with Crippen LogP contribution in [-0.4, -0.2) is 31.1 Å². The minimum atomic E-state index is -0.606. The Kier molecular flexibility index (Phi) is 9.08. The van der Waals surface area contributed by atoms with Crippen LogP contribution in [0.5, 0.6) is 0 Å². The van der Waals surface area contributed by atoms with E-state index in [-0.39, 0.29) is 32.0 Å². The van der Waals surface area contributed by atoms with Gasteiger partial charge >= 0.3 is 17.9 Å². The largest absolute Gasteiger partial charge is 0.462 e. The molecule has 0 unspecified atom stereocenters. The van der Waals surface area contributed by atoms with Gasteiger partial charge in [0.2, 0.25) is 0 Å². The second-order valence-corrected chi connectivity index (χ2v) is 8.94. The third-order valence-electron chi connectivity index (χ3n) is 6.16. The molecule has 1 aliphatic rings. The van der Waals surface area contributed by atoms with Crippen LogP contribution in [0.15, 0.2) is 24.3 Å². The maximum absolute atomic E-state index is 12.6. The highest BCUT2D eigenvalue weighted by Crippen LogP contribution is 2.42. The first kappa shape index (κ1) is 24.9. The van der Waals surface area contributed by atoms with Crippen LogP contribution >= 0.6 is 0 Å². The fourth-order valence-electron chi connectivity index (χ4n) is 3.81. The van der Waals surface area contributed by atoms with Gasteiger partial charge in [0.15, 0.2) is 0 Å². The van der Waals surface area contributed by atoms with Gasteiger partial charge in [0.05, 0.1) is 18.3 Å². The summed E-state index contributed by atoms with van der Waals surface area (Å²) in [5.74, 6) is -1.21. The van der Waals surface area contributed by atoms with Crippen molar-refractivity contribution in [2.24, 2.45) is 5.41 Å². The van der Waals surface area contributed by atoms with Gasteiger partial charge in [0.25, 0.3) is 0 Å². The molecule has 0 N–H and O–H groups in total. The maximum atomic E-state index is 12.6. The number of hydrogen-bond donors (Lipinski definition) is 0. The summed E-state index contributed by atoms with van der Waals surface area (Å²) in [5, 5.41) is 0. The summed E-state index contributed by atoms with van der Waals surface area (Å²) >= 11 is 0. The normalized spacial score (nSPS) is 15.7. The molecule has 1 aliphatic carbocycles. The minimum Gasteiger partial charge on any atom is -0.462 e. The first-order valence-electron chi connectivity index (χ1n) is 11.3. The van der Waals surface area contributed by atoms with E-state index >= 15 is 0 Å². The molecule has 172 valence electrons. The molecular weight excluding hydrogens is 396 g/mol. The third-order valence-corrected chi connectivity index (χ3v) is 6.16. The fourth-order valence-corrected chi connectivity index (χ4v) is 3.81. The SMILES string of the molecule is CCC(C)(C)C(=O)OCCOC(=O)CCC(=O)OC1(c2ccccc2C)CCCCC1. The Hall–Kier alpha value is -2.37. The lowest BCUT2D eigenvalue weighted by molar-refractivity contribution is -0.167. The minimum absolute atomic E-state index is 0.00877. The summed E-state index contributed by atoms with van der Waals surface area (Å²) in [7, 11) is 0. The van der Waals surface area contributed by atoms with Crippen molar-refractivity contribution < 1.29 is 28.6 Å². The van der Waals surface area contributed by atoms with Crippen LogP contribution in [0.4, 0.5) is 0 Å². The Labute approximate surface area is 185 Å². The monoisotopic (exact) mass is 432 g/mol. The molecular formula is C25H36O6. The van der Waals surface area contributed by atoms with Crippen LogP contribution in [0.2, 0.25) is 0 Å². The Morgan fingerprint density at radius 2 is 1.55 bits per heavy atom. The van der Waals surface area contributed by atoms with E-state index in [2.05, 4.69) is 0 Å². The Balaban J connectivity index is 1.80. The molecule has 0 atom stereocenters. The second-order valence-electron chi connectivity index (χ2n) is 8.94. The van der Waals surface area contributed by atoms with Crippen molar-refractivity contribution in [3.05, 3.63) is 35.4 Å². The zero-order valence-corrected chi connectivity index (χ0v) is 19.3. The molecule has 0 aromatic heterocycles. The summed E-state index contributed by atoms with van der Waals surface area (Å²) in [6.07, 6.45) is 5.33. The molecule has 31 heavy (non-hydrogen) atoms. The van der Waals surface area contributed by atoms with Crippen molar-refractivity contribution in [1.82, 2.24) is 0 Å². The summed E-state index contributed by atoms with van der Waals surface area (Å²) in [5.41, 5.74) is 1.00. The molecule has 1 fully saturated rings. The number of carbonyl (C=O) groups is 3. The lowest BCUT2D eigenvalue weighted by atomic mass is 9.78. The standard InChI is InChI=1S/C25H36O6/c1-5-24(3,4)23(28)30-18-17-29-21(26)13-14-22(27)31-25(15-9-6-10-16-25)20-12-8-7-11-19(20)2/h7-8,11-12H,5-6,9-10,13-18H2,1-4H3. The molecule has 1 aromatic rings. The molecule has 0 saturated heterocycles.